The zero-order valence-electron chi connectivity index (χ0n) is 12.3. The van der Waals surface area contributed by atoms with E-state index < -0.39 is 0 Å². The van der Waals surface area contributed by atoms with Crippen LogP contribution in [-0.2, 0) is 0 Å². The number of nitrogens with zero attached hydrogens (tertiary/aromatic N) is 2. The molecule has 0 saturated carbocycles. The van der Waals surface area contributed by atoms with Crippen molar-refractivity contribution in [2.45, 2.75) is 18.9 Å². The summed E-state index contributed by atoms with van der Waals surface area (Å²) in [5.74, 6) is -0.00618. The molecule has 1 aliphatic heterocycles. The highest BCUT2D eigenvalue weighted by molar-refractivity contribution is 6.31. The first-order valence-electron chi connectivity index (χ1n) is 6.93. The number of rotatable bonds is 3. The highest BCUT2D eigenvalue weighted by Crippen LogP contribution is 2.24. The summed E-state index contributed by atoms with van der Waals surface area (Å²) in [5, 5.41) is 4.13. The molecule has 1 heterocycles. The Bertz CT molecular complexity index is 490. The number of hydrogen-bond donors (Lipinski definition) is 1. The van der Waals surface area contributed by atoms with Crippen molar-refractivity contribution in [3.8, 4) is 0 Å². The molecule has 20 heavy (non-hydrogen) atoms. The fourth-order valence-corrected chi connectivity index (χ4v) is 2.74. The smallest absolute Gasteiger partial charge is 0.255 e. The number of carbonyl (C=O) groups excluding carboxylic acids is 1. The Morgan fingerprint density at radius 3 is 2.85 bits per heavy atom. The summed E-state index contributed by atoms with van der Waals surface area (Å²) in [6.07, 6.45) is 2.29. The van der Waals surface area contributed by atoms with E-state index in [4.69, 9.17) is 11.6 Å². The SMILES string of the molecule is CN1CCCC(Nc2cc(Cl)ccc2C(=O)N(C)C)C1. The number of piperidine rings is 1. The Hall–Kier alpha value is -1.26. The van der Waals surface area contributed by atoms with E-state index in [0.717, 1.165) is 25.2 Å². The second kappa shape index (κ2) is 6.46. The first-order valence-corrected chi connectivity index (χ1v) is 7.31. The number of carbonyl (C=O) groups is 1. The molecule has 1 atom stereocenters. The van der Waals surface area contributed by atoms with Gasteiger partial charge < -0.3 is 15.1 Å². The fraction of sp³-hybridized carbons (Fsp3) is 0.533. The molecule has 1 unspecified atom stereocenters. The van der Waals surface area contributed by atoms with Crippen LogP contribution in [0.4, 0.5) is 5.69 Å². The molecule has 0 bridgehead atoms. The van der Waals surface area contributed by atoms with E-state index in [2.05, 4.69) is 17.3 Å². The molecule has 110 valence electrons. The van der Waals surface area contributed by atoms with Crippen LogP contribution in [0.5, 0.6) is 0 Å². The fourth-order valence-electron chi connectivity index (χ4n) is 2.57. The van der Waals surface area contributed by atoms with Crippen LogP contribution in [0.15, 0.2) is 18.2 Å². The van der Waals surface area contributed by atoms with Crippen molar-refractivity contribution in [3.05, 3.63) is 28.8 Å². The van der Waals surface area contributed by atoms with Crippen LogP contribution in [0.3, 0.4) is 0 Å². The largest absolute Gasteiger partial charge is 0.380 e. The van der Waals surface area contributed by atoms with Gasteiger partial charge in [-0.3, -0.25) is 4.79 Å². The Labute approximate surface area is 125 Å². The molecule has 1 fully saturated rings. The standard InChI is InChI=1S/C15H22ClN3O/c1-18(2)15(20)13-7-6-11(16)9-14(13)17-12-5-4-8-19(3)10-12/h6-7,9,12,17H,4-5,8,10H2,1-3H3. The second-order valence-corrected chi connectivity index (χ2v) is 6.07. The normalized spacial score (nSPS) is 19.7. The number of hydrogen-bond acceptors (Lipinski definition) is 3. The predicted octanol–water partition coefficient (Wildman–Crippen LogP) is 2.55. The Kier molecular flexibility index (Phi) is 4.89. The molecule has 4 nitrogen and oxygen atoms in total. The maximum atomic E-state index is 12.2. The number of likely N-dealkylation sites (N-methyl/N-ethyl adjacent to an activating group) is 1. The molecule has 0 aromatic heterocycles. The third-order valence-corrected chi connectivity index (χ3v) is 3.84. The number of nitrogens with one attached hydrogen (secondary N) is 1. The third-order valence-electron chi connectivity index (χ3n) is 3.60. The zero-order valence-corrected chi connectivity index (χ0v) is 13.1. The number of likely N-dealkylation sites (tertiary alicyclic amines) is 1. The predicted molar refractivity (Wildman–Crippen MR) is 83.6 cm³/mol. The second-order valence-electron chi connectivity index (χ2n) is 5.64. The average Bonchev–Trinajstić information content (AvgIpc) is 2.38. The Morgan fingerprint density at radius 1 is 1.45 bits per heavy atom. The van der Waals surface area contributed by atoms with Crippen LogP contribution in [0, 0.1) is 0 Å². The van der Waals surface area contributed by atoms with Crippen molar-refractivity contribution in [2.75, 3.05) is 39.5 Å². The molecule has 0 spiro atoms. The number of benzene rings is 1. The summed E-state index contributed by atoms with van der Waals surface area (Å²) < 4.78 is 0. The maximum Gasteiger partial charge on any atom is 0.255 e. The number of amides is 1. The summed E-state index contributed by atoms with van der Waals surface area (Å²) in [7, 11) is 5.64. The van der Waals surface area contributed by atoms with E-state index in [1.54, 1.807) is 31.1 Å². The van der Waals surface area contributed by atoms with Crippen LogP contribution >= 0.6 is 11.6 Å². The van der Waals surface area contributed by atoms with Gasteiger partial charge in [-0.2, -0.15) is 0 Å². The molecular formula is C15H22ClN3O. The lowest BCUT2D eigenvalue weighted by atomic mass is 10.0. The molecule has 5 heteroatoms. The summed E-state index contributed by atoms with van der Waals surface area (Å²) in [4.78, 5) is 16.1. The highest BCUT2D eigenvalue weighted by atomic mass is 35.5. The van der Waals surface area contributed by atoms with Crippen molar-refractivity contribution >= 4 is 23.2 Å². The van der Waals surface area contributed by atoms with Gasteiger partial charge in [0, 0.05) is 37.4 Å². The molecule has 0 aliphatic carbocycles. The first kappa shape index (κ1) is 15.1. The average molecular weight is 296 g/mol. The molecule has 1 N–H and O–H groups in total. The lowest BCUT2D eigenvalue weighted by Gasteiger charge is -2.31. The molecule has 0 radical (unpaired) electrons. The summed E-state index contributed by atoms with van der Waals surface area (Å²) in [6, 6.07) is 5.75. The van der Waals surface area contributed by atoms with Crippen molar-refractivity contribution in [2.24, 2.45) is 0 Å². The summed E-state index contributed by atoms with van der Waals surface area (Å²) in [6.45, 7) is 2.12. The third kappa shape index (κ3) is 3.64. The minimum Gasteiger partial charge on any atom is -0.380 e. The van der Waals surface area contributed by atoms with Crippen molar-refractivity contribution in [1.29, 1.82) is 0 Å². The number of anilines is 1. The van der Waals surface area contributed by atoms with Gasteiger partial charge in [0.25, 0.3) is 5.91 Å². The molecule has 1 aliphatic rings. The van der Waals surface area contributed by atoms with Gasteiger partial charge in [-0.25, -0.2) is 0 Å². The van der Waals surface area contributed by atoms with Gasteiger partial charge in [0.2, 0.25) is 0 Å². The molecule has 1 amide bonds. The monoisotopic (exact) mass is 295 g/mol. The quantitative estimate of drug-likeness (QED) is 0.931. The summed E-state index contributed by atoms with van der Waals surface area (Å²) >= 11 is 6.07. The molecule has 1 aromatic carbocycles. The van der Waals surface area contributed by atoms with E-state index in [9.17, 15) is 4.79 Å². The van der Waals surface area contributed by atoms with Crippen LogP contribution in [0.1, 0.15) is 23.2 Å². The molecule has 1 aromatic rings. The zero-order chi connectivity index (χ0) is 14.7. The maximum absolute atomic E-state index is 12.2. The minimum atomic E-state index is -0.00618. The summed E-state index contributed by atoms with van der Waals surface area (Å²) in [5.41, 5.74) is 1.50. The molecular weight excluding hydrogens is 274 g/mol. The van der Waals surface area contributed by atoms with Gasteiger partial charge in [-0.05, 0) is 44.6 Å². The first-order chi connectivity index (χ1) is 9.47. The van der Waals surface area contributed by atoms with Gasteiger partial charge in [0.1, 0.15) is 0 Å². The van der Waals surface area contributed by atoms with Crippen LogP contribution in [0.2, 0.25) is 5.02 Å². The van der Waals surface area contributed by atoms with Gasteiger partial charge in [-0.15, -0.1) is 0 Å². The van der Waals surface area contributed by atoms with Crippen molar-refractivity contribution < 1.29 is 4.79 Å². The van der Waals surface area contributed by atoms with Gasteiger partial charge in [-0.1, -0.05) is 11.6 Å². The minimum absolute atomic E-state index is 0.00618. The van der Waals surface area contributed by atoms with Gasteiger partial charge in [0.15, 0.2) is 0 Å². The number of halogens is 1. The molecule has 2 rings (SSSR count). The van der Waals surface area contributed by atoms with Crippen LogP contribution in [0.25, 0.3) is 0 Å². The van der Waals surface area contributed by atoms with Gasteiger partial charge in [0.05, 0.1) is 5.56 Å². The van der Waals surface area contributed by atoms with Crippen LogP contribution < -0.4 is 5.32 Å². The van der Waals surface area contributed by atoms with E-state index in [1.165, 1.54) is 6.42 Å². The Balaban J connectivity index is 2.21. The topological polar surface area (TPSA) is 35.6 Å². The van der Waals surface area contributed by atoms with Gasteiger partial charge >= 0.3 is 0 Å². The van der Waals surface area contributed by atoms with E-state index >= 15 is 0 Å². The lowest BCUT2D eigenvalue weighted by Crippen LogP contribution is -2.40. The highest BCUT2D eigenvalue weighted by Gasteiger charge is 2.20. The van der Waals surface area contributed by atoms with E-state index in [1.807, 2.05) is 6.07 Å². The molecule has 1 saturated heterocycles. The van der Waals surface area contributed by atoms with E-state index in [0.29, 0.717) is 16.6 Å². The van der Waals surface area contributed by atoms with E-state index in [-0.39, 0.29) is 5.91 Å². The van der Waals surface area contributed by atoms with Crippen LogP contribution in [-0.4, -0.2) is 56.0 Å². The Morgan fingerprint density at radius 2 is 2.20 bits per heavy atom. The van der Waals surface area contributed by atoms with Crippen molar-refractivity contribution in [1.82, 2.24) is 9.80 Å². The van der Waals surface area contributed by atoms with Crippen molar-refractivity contribution in [3.63, 3.8) is 0 Å². The lowest BCUT2D eigenvalue weighted by molar-refractivity contribution is 0.0828.